The molecule has 1 radical (unpaired) electrons. The largest absolute Gasteiger partial charge is 0.0910 e. The Morgan fingerprint density at radius 2 is 1.36 bits per heavy atom. The zero-order chi connectivity index (χ0) is 10.7. The van der Waals surface area contributed by atoms with Gasteiger partial charge in [0.1, 0.15) is 0 Å². The summed E-state index contributed by atoms with van der Waals surface area (Å²) in [4.78, 5) is 0. The molecule has 0 fully saturated rings. The van der Waals surface area contributed by atoms with Crippen LogP contribution in [0.3, 0.4) is 0 Å². The molecule has 1 aromatic rings. The van der Waals surface area contributed by atoms with Crippen molar-refractivity contribution < 1.29 is 0 Å². The van der Waals surface area contributed by atoms with Crippen LogP contribution < -0.4 is 5.19 Å². The maximum Gasteiger partial charge on any atom is 0.0910 e. The van der Waals surface area contributed by atoms with Crippen LogP contribution in [0.1, 0.15) is 27.7 Å². The SMILES string of the molecule is CC(C)[Si](c1ccc(Br)cc1)C(C)C. The molecule has 14 heavy (non-hydrogen) atoms. The Bertz CT molecular complexity index is 269. The van der Waals surface area contributed by atoms with E-state index in [1.54, 1.807) is 5.19 Å². The van der Waals surface area contributed by atoms with Crippen molar-refractivity contribution in [3.63, 3.8) is 0 Å². The van der Waals surface area contributed by atoms with Crippen molar-refractivity contribution in [3.8, 4) is 0 Å². The van der Waals surface area contributed by atoms with Crippen LogP contribution in [0.15, 0.2) is 28.7 Å². The van der Waals surface area contributed by atoms with Gasteiger partial charge in [0.2, 0.25) is 0 Å². The van der Waals surface area contributed by atoms with Crippen molar-refractivity contribution in [1.29, 1.82) is 0 Å². The Morgan fingerprint density at radius 1 is 0.929 bits per heavy atom. The lowest BCUT2D eigenvalue weighted by molar-refractivity contribution is 0.951. The Kier molecular flexibility index (Phi) is 4.39. The highest BCUT2D eigenvalue weighted by atomic mass is 79.9. The zero-order valence-electron chi connectivity index (χ0n) is 9.34. The zero-order valence-corrected chi connectivity index (χ0v) is 11.9. The van der Waals surface area contributed by atoms with E-state index < -0.39 is 8.80 Å². The molecule has 0 nitrogen and oxygen atoms in total. The van der Waals surface area contributed by atoms with Gasteiger partial charge in [-0.05, 0) is 23.2 Å². The summed E-state index contributed by atoms with van der Waals surface area (Å²) < 4.78 is 1.18. The first kappa shape index (κ1) is 12.0. The molecular weight excluding hydrogens is 252 g/mol. The molecule has 0 aromatic heterocycles. The predicted octanol–water partition coefficient (Wildman–Crippen LogP) is 3.97. The van der Waals surface area contributed by atoms with Crippen LogP contribution in [-0.2, 0) is 0 Å². The van der Waals surface area contributed by atoms with Gasteiger partial charge in [-0.25, -0.2) is 0 Å². The summed E-state index contributed by atoms with van der Waals surface area (Å²) in [6.07, 6.45) is 0. The molecule has 0 atom stereocenters. The number of halogens is 1. The summed E-state index contributed by atoms with van der Waals surface area (Å²) in [5, 5.41) is 1.56. The lowest BCUT2D eigenvalue weighted by Crippen LogP contribution is -2.35. The second-order valence-electron chi connectivity index (χ2n) is 4.27. The molecule has 0 aliphatic heterocycles. The standard InChI is InChI=1S/C12H18BrSi/c1-9(2)14(10(3)4)12-7-5-11(13)6-8-12/h5-10H,1-4H3. The number of rotatable bonds is 3. The quantitative estimate of drug-likeness (QED) is 0.729. The van der Waals surface area contributed by atoms with Gasteiger partial charge in [-0.3, -0.25) is 0 Å². The van der Waals surface area contributed by atoms with Crippen LogP contribution in [0.25, 0.3) is 0 Å². The fourth-order valence-electron chi connectivity index (χ4n) is 1.98. The van der Waals surface area contributed by atoms with E-state index in [4.69, 9.17) is 0 Å². The summed E-state index contributed by atoms with van der Waals surface area (Å²) in [5.41, 5.74) is 1.61. The summed E-state index contributed by atoms with van der Waals surface area (Å²) in [6, 6.07) is 8.87. The second kappa shape index (κ2) is 5.13. The second-order valence-corrected chi connectivity index (χ2v) is 8.98. The fourth-order valence-corrected chi connectivity index (χ4v) is 5.46. The lowest BCUT2D eigenvalue weighted by atomic mass is 10.4. The highest BCUT2D eigenvalue weighted by Gasteiger charge is 2.21. The molecule has 0 aliphatic carbocycles. The van der Waals surface area contributed by atoms with Gasteiger partial charge in [0.05, 0.1) is 8.80 Å². The summed E-state index contributed by atoms with van der Waals surface area (Å²) in [5.74, 6) is 0. The van der Waals surface area contributed by atoms with E-state index >= 15 is 0 Å². The molecule has 0 bridgehead atoms. The number of hydrogen-bond acceptors (Lipinski definition) is 0. The molecule has 77 valence electrons. The van der Waals surface area contributed by atoms with Gasteiger partial charge >= 0.3 is 0 Å². The predicted molar refractivity (Wildman–Crippen MR) is 69.7 cm³/mol. The fraction of sp³-hybridized carbons (Fsp3) is 0.500. The van der Waals surface area contributed by atoms with Gasteiger partial charge in [0.15, 0.2) is 0 Å². The summed E-state index contributed by atoms with van der Waals surface area (Å²) >= 11 is 3.48. The highest BCUT2D eigenvalue weighted by molar-refractivity contribution is 9.10. The van der Waals surface area contributed by atoms with Crippen LogP contribution in [0.5, 0.6) is 0 Å². The van der Waals surface area contributed by atoms with E-state index in [0.717, 1.165) is 11.1 Å². The smallest absolute Gasteiger partial charge is 0.0650 e. The van der Waals surface area contributed by atoms with E-state index in [1.807, 2.05) is 0 Å². The molecule has 0 N–H and O–H groups in total. The van der Waals surface area contributed by atoms with Crippen LogP contribution >= 0.6 is 15.9 Å². The van der Waals surface area contributed by atoms with Gasteiger partial charge in [-0.15, -0.1) is 0 Å². The van der Waals surface area contributed by atoms with Gasteiger partial charge < -0.3 is 0 Å². The molecule has 0 saturated carbocycles. The Balaban J connectivity index is 2.94. The Labute approximate surface area is 97.5 Å². The van der Waals surface area contributed by atoms with Crippen molar-refractivity contribution in [2.45, 2.75) is 38.8 Å². The van der Waals surface area contributed by atoms with Gasteiger partial charge in [0.25, 0.3) is 0 Å². The first-order valence-electron chi connectivity index (χ1n) is 5.15. The molecule has 1 rings (SSSR count). The monoisotopic (exact) mass is 269 g/mol. The Hall–Kier alpha value is -0.0831. The normalized spacial score (nSPS) is 11.7. The molecule has 0 heterocycles. The maximum absolute atomic E-state index is 3.48. The van der Waals surface area contributed by atoms with Gasteiger partial charge in [0, 0.05) is 4.47 Å². The third kappa shape index (κ3) is 2.96. The Morgan fingerprint density at radius 3 is 1.71 bits per heavy atom. The molecule has 1 aromatic carbocycles. The van der Waals surface area contributed by atoms with Gasteiger partial charge in [-0.1, -0.05) is 60.9 Å². The molecule has 0 aliphatic rings. The lowest BCUT2D eigenvalue weighted by Gasteiger charge is -2.23. The minimum Gasteiger partial charge on any atom is -0.0650 e. The van der Waals surface area contributed by atoms with Crippen molar-refractivity contribution in [1.82, 2.24) is 0 Å². The van der Waals surface area contributed by atoms with E-state index in [0.29, 0.717) is 0 Å². The van der Waals surface area contributed by atoms with Crippen molar-refractivity contribution in [2.75, 3.05) is 0 Å². The first-order valence-corrected chi connectivity index (χ1v) is 7.59. The highest BCUT2D eigenvalue weighted by Crippen LogP contribution is 2.20. The summed E-state index contributed by atoms with van der Waals surface area (Å²) in [6.45, 7) is 9.37. The molecule has 0 saturated heterocycles. The molecule has 2 heteroatoms. The maximum atomic E-state index is 3.48. The number of hydrogen-bond donors (Lipinski definition) is 0. The third-order valence-corrected chi connectivity index (χ3v) is 6.44. The average Bonchev–Trinajstić information content (AvgIpc) is 2.07. The molecule has 0 spiro atoms. The summed E-state index contributed by atoms with van der Waals surface area (Å²) in [7, 11) is -0.394. The topological polar surface area (TPSA) is 0 Å². The first-order chi connectivity index (χ1) is 6.52. The minimum absolute atomic E-state index is 0.394. The van der Waals surface area contributed by atoms with Crippen LogP contribution in [0.4, 0.5) is 0 Å². The number of benzene rings is 1. The van der Waals surface area contributed by atoms with Crippen LogP contribution in [-0.4, -0.2) is 8.80 Å². The van der Waals surface area contributed by atoms with Crippen LogP contribution in [0.2, 0.25) is 11.1 Å². The molecule has 0 unspecified atom stereocenters. The van der Waals surface area contributed by atoms with E-state index in [9.17, 15) is 0 Å². The van der Waals surface area contributed by atoms with E-state index in [2.05, 4.69) is 67.9 Å². The van der Waals surface area contributed by atoms with Gasteiger partial charge in [-0.2, -0.15) is 0 Å². The molecule has 0 amide bonds. The van der Waals surface area contributed by atoms with Crippen molar-refractivity contribution in [2.24, 2.45) is 0 Å². The van der Waals surface area contributed by atoms with Crippen LogP contribution in [0, 0.1) is 0 Å². The van der Waals surface area contributed by atoms with E-state index in [1.165, 1.54) is 4.47 Å². The van der Waals surface area contributed by atoms with Crippen molar-refractivity contribution >= 4 is 29.9 Å². The molecular formula is C12H18BrSi. The third-order valence-electron chi connectivity index (χ3n) is 2.42. The minimum atomic E-state index is -0.394. The van der Waals surface area contributed by atoms with Crippen molar-refractivity contribution in [3.05, 3.63) is 28.7 Å². The van der Waals surface area contributed by atoms with E-state index in [-0.39, 0.29) is 0 Å². The average molecular weight is 270 g/mol.